The van der Waals surface area contributed by atoms with Gasteiger partial charge in [0.1, 0.15) is 6.10 Å². The monoisotopic (exact) mass is 239 g/mol. The van der Waals surface area contributed by atoms with Crippen molar-refractivity contribution in [3.8, 4) is 0 Å². The van der Waals surface area contributed by atoms with Crippen molar-refractivity contribution < 1.29 is 27.6 Å². The molecule has 88 valence electrons. The summed E-state index contributed by atoms with van der Waals surface area (Å²) in [4.78, 5) is 9.20. The maximum Gasteiger partial charge on any atom is 0.278 e. The highest BCUT2D eigenvalue weighted by Crippen LogP contribution is 2.30. The summed E-state index contributed by atoms with van der Waals surface area (Å²) in [5.41, 5.74) is -2.05. The molecule has 0 aliphatic rings. The average molecular weight is 239 g/mol. The zero-order valence-corrected chi connectivity index (χ0v) is 7.53. The fraction of sp³-hybridized carbons (Fsp3) is 0.250. The van der Waals surface area contributed by atoms with Gasteiger partial charge in [-0.3, -0.25) is 10.1 Å². The van der Waals surface area contributed by atoms with E-state index in [9.17, 15) is 27.7 Å². The van der Waals surface area contributed by atoms with Crippen LogP contribution in [0.3, 0.4) is 0 Å². The number of nitro groups is 1. The number of aliphatic hydroxyl groups excluding tert-OH is 1. The maximum atomic E-state index is 12.7. The van der Waals surface area contributed by atoms with Crippen molar-refractivity contribution >= 4 is 5.69 Å². The number of nitro benzene ring substituents is 1. The molecule has 1 rings (SSSR count). The molecular weight excluding hydrogens is 234 g/mol. The second kappa shape index (κ2) is 4.44. The van der Waals surface area contributed by atoms with E-state index in [0.29, 0.717) is 0 Å². The van der Waals surface area contributed by atoms with Crippen LogP contribution in [0.1, 0.15) is 11.7 Å². The van der Waals surface area contributed by atoms with E-state index in [1.165, 1.54) is 0 Å². The molecule has 0 aromatic heterocycles. The molecule has 0 aliphatic carbocycles. The topological polar surface area (TPSA) is 63.4 Å². The first-order chi connectivity index (χ1) is 7.34. The van der Waals surface area contributed by atoms with E-state index in [1.807, 2.05) is 0 Å². The van der Waals surface area contributed by atoms with E-state index in [4.69, 9.17) is 5.11 Å². The van der Waals surface area contributed by atoms with Crippen LogP contribution in [-0.2, 0) is 0 Å². The minimum Gasteiger partial charge on any atom is -0.382 e. The van der Waals surface area contributed by atoms with Crippen LogP contribution in [-0.4, -0.2) is 16.5 Å². The number of hydrogen-bond acceptors (Lipinski definition) is 3. The standard InChI is InChI=1S/C8H5F4NO3/c9-4-1-3(7(14)8(11)12)6(13(15)16)2-5(4)10/h1-2,7-8,14H. The lowest BCUT2D eigenvalue weighted by atomic mass is 10.1. The van der Waals surface area contributed by atoms with Crippen molar-refractivity contribution in [1.82, 2.24) is 0 Å². The minimum atomic E-state index is -3.33. The molecule has 8 heteroatoms. The third-order valence-corrected chi connectivity index (χ3v) is 1.82. The van der Waals surface area contributed by atoms with E-state index in [1.54, 1.807) is 0 Å². The van der Waals surface area contributed by atoms with Crippen molar-refractivity contribution in [1.29, 1.82) is 0 Å². The molecule has 4 nitrogen and oxygen atoms in total. The summed E-state index contributed by atoms with van der Waals surface area (Å²) < 4.78 is 49.5. The molecule has 1 unspecified atom stereocenters. The van der Waals surface area contributed by atoms with Crippen LogP contribution in [0.25, 0.3) is 0 Å². The number of rotatable bonds is 3. The Balaban J connectivity index is 3.36. The molecule has 0 bridgehead atoms. The van der Waals surface area contributed by atoms with Crippen LogP contribution >= 0.6 is 0 Å². The van der Waals surface area contributed by atoms with E-state index in [2.05, 4.69) is 0 Å². The quantitative estimate of drug-likeness (QED) is 0.499. The molecule has 0 amide bonds. The first kappa shape index (κ1) is 12.4. The predicted molar refractivity (Wildman–Crippen MR) is 44.0 cm³/mol. The molecule has 0 fully saturated rings. The van der Waals surface area contributed by atoms with Crippen molar-refractivity contribution in [3.63, 3.8) is 0 Å². The van der Waals surface area contributed by atoms with Crippen LogP contribution in [0.4, 0.5) is 23.2 Å². The molecule has 0 saturated heterocycles. The van der Waals surface area contributed by atoms with Crippen LogP contribution in [0.5, 0.6) is 0 Å². The number of nitrogens with zero attached hydrogens (tertiary/aromatic N) is 1. The first-order valence-electron chi connectivity index (χ1n) is 3.94. The van der Waals surface area contributed by atoms with Gasteiger partial charge in [0.05, 0.1) is 16.6 Å². The van der Waals surface area contributed by atoms with Gasteiger partial charge in [-0.25, -0.2) is 17.6 Å². The molecule has 0 saturated carbocycles. The smallest absolute Gasteiger partial charge is 0.278 e. The Morgan fingerprint density at radius 1 is 1.25 bits per heavy atom. The molecule has 1 atom stereocenters. The Hall–Kier alpha value is -1.70. The third-order valence-electron chi connectivity index (χ3n) is 1.82. The van der Waals surface area contributed by atoms with Gasteiger partial charge < -0.3 is 5.11 Å². The Labute approximate surface area is 86.3 Å². The van der Waals surface area contributed by atoms with Crippen LogP contribution in [0.2, 0.25) is 0 Å². The second-order valence-electron chi connectivity index (χ2n) is 2.86. The summed E-state index contributed by atoms with van der Waals surface area (Å²) in [6.07, 6.45) is -5.86. The molecule has 0 aliphatic heterocycles. The first-order valence-corrected chi connectivity index (χ1v) is 3.94. The zero-order valence-electron chi connectivity index (χ0n) is 7.53. The van der Waals surface area contributed by atoms with Gasteiger partial charge in [0, 0.05) is 0 Å². The lowest BCUT2D eigenvalue weighted by Gasteiger charge is -2.10. The average Bonchev–Trinajstić information content (AvgIpc) is 2.19. The largest absolute Gasteiger partial charge is 0.382 e. The zero-order chi connectivity index (χ0) is 12.5. The van der Waals surface area contributed by atoms with Crippen molar-refractivity contribution in [3.05, 3.63) is 39.4 Å². The highest BCUT2D eigenvalue weighted by Gasteiger charge is 2.29. The van der Waals surface area contributed by atoms with Gasteiger partial charge in [0.2, 0.25) is 0 Å². The molecule has 1 aromatic rings. The van der Waals surface area contributed by atoms with Gasteiger partial charge in [0.15, 0.2) is 11.6 Å². The van der Waals surface area contributed by atoms with Gasteiger partial charge in [-0.05, 0) is 6.07 Å². The molecule has 0 heterocycles. The normalized spacial score (nSPS) is 12.9. The Morgan fingerprint density at radius 3 is 2.19 bits per heavy atom. The third kappa shape index (κ3) is 2.27. The summed E-state index contributed by atoms with van der Waals surface area (Å²) in [6, 6.07) is 0.334. The second-order valence-corrected chi connectivity index (χ2v) is 2.86. The van der Waals surface area contributed by atoms with Crippen LogP contribution in [0, 0.1) is 21.7 Å². The fourth-order valence-corrected chi connectivity index (χ4v) is 1.08. The van der Waals surface area contributed by atoms with Gasteiger partial charge in [0.25, 0.3) is 12.1 Å². The Kier molecular flexibility index (Phi) is 3.43. The van der Waals surface area contributed by atoms with Gasteiger partial charge >= 0.3 is 0 Å². The molecule has 16 heavy (non-hydrogen) atoms. The highest BCUT2D eigenvalue weighted by atomic mass is 19.3. The Bertz CT molecular complexity index is 424. The number of hydrogen-bond donors (Lipinski definition) is 1. The summed E-state index contributed by atoms with van der Waals surface area (Å²) in [7, 11) is 0. The van der Waals surface area contributed by atoms with Gasteiger partial charge in [-0.15, -0.1) is 0 Å². The van der Waals surface area contributed by atoms with Crippen LogP contribution in [0.15, 0.2) is 12.1 Å². The number of halogens is 4. The summed E-state index contributed by atoms with van der Waals surface area (Å²) in [5.74, 6) is -3.09. The maximum absolute atomic E-state index is 12.7. The lowest BCUT2D eigenvalue weighted by Crippen LogP contribution is -2.11. The fourth-order valence-electron chi connectivity index (χ4n) is 1.08. The van der Waals surface area contributed by atoms with Crippen LogP contribution < -0.4 is 0 Å². The summed E-state index contributed by atoms with van der Waals surface area (Å²) in [6.45, 7) is 0. The molecular formula is C8H5F4NO3. The van der Waals surface area contributed by atoms with E-state index >= 15 is 0 Å². The summed E-state index contributed by atoms with van der Waals surface area (Å²) >= 11 is 0. The molecule has 0 radical (unpaired) electrons. The molecule has 0 spiro atoms. The number of aliphatic hydroxyl groups is 1. The molecule has 1 N–H and O–H groups in total. The molecule has 1 aromatic carbocycles. The van der Waals surface area contributed by atoms with Crippen molar-refractivity contribution in [2.75, 3.05) is 0 Å². The predicted octanol–water partition coefficient (Wildman–Crippen LogP) is 2.17. The number of alkyl halides is 2. The van der Waals surface area contributed by atoms with Gasteiger partial charge in [-0.2, -0.15) is 0 Å². The van der Waals surface area contributed by atoms with E-state index in [-0.39, 0.29) is 12.1 Å². The van der Waals surface area contributed by atoms with Crippen molar-refractivity contribution in [2.24, 2.45) is 0 Å². The highest BCUT2D eigenvalue weighted by molar-refractivity contribution is 5.42. The van der Waals surface area contributed by atoms with E-state index in [0.717, 1.165) is 0 Å². The van der Waals surface area contributed by atoms with E-state index < -0.39 is 40.3 Å². The van der Waals surface area contributed by atoms with Gasteiger partial charge in [-0.1, -0.05) is 0 Å². The SMILES string of the molecule is O=[N+]([O-])c1cc(F)c(F)cc1C(O)C(F)F. The summed E-state index contributed by atoms with van der Waals surface area (Å²) in [5, 5.41) is 19.3. The lowest BCUT2D eigenvalue weighted by molar-refractivity contribution is -0.386. The van der Waals surface area contributed by atoms with Crippen molar-refractivity contribution in [2.45, 2.75) is 12.5 Å². The Morgan fingerprint density at radius 2 is 1.75 bits per heavy atom. The minimum absolute atomic E-state index is 0.149. The number of benzene rings is 1.